The summed E-state index contributed by atoms with van der Waals surface area (Å²) >= 11 is 1.66. The Hall–Kier alpha value is -2.01. The van der Waals surface area contributed by atoms with Gasteiger partial charge in [-0.1, -0.05) is 6.07 Å². The molecule has 0 spiro atoms. The Kier molecular flexibility index (Phi) is 3.84. The van der Waals surface area contributed by atoms with Gasteiger partial charge in [0.15, 0.2) is 0 Å². The SMILES string of the molecule is COc1cccc(N)c1C(=O)N1CCCC1c1ccsc1. The molecule has 1 saturated heterocycles. The van der Waals surface area contributed by atoms with Gasteiger partial charge in [-0.2, -0.15) is 11.3 Å². The van der Waals surface area contributed by atoms with Gasteiger partial charge in [0.1, 0.15) is 11.3 Å². The summed E-state index contributed by atoms with van der Waals surface area (Å²) in [6.45, 7) is 0.761. The van der Waals surface area contributed by atoms with Crippen molar-refractivity contribution in [2.45, 2.75) is 18.9 Å². The summed E-state index contributed by atoms with van der Waals surface area (Å²) in [7, 11) is 1.56. The van der Waals surface area contributed by atoms with Crippen molar-refractivity contribution >= 4 is 22.9 Å². The fraction of sp³-hybridized carbons (Fsp3) is 0.312. The molecule has 1 fully saturated rings. The zero-order valence-corrected chi connectivity index (χ0v) is 12.7. The second-order valence-corrected chi connectivity index (χ2v) is 5.92. The van der Waals surface area contributed by atoms with Crippen LogP contribution in [-0.2, 0) is 0 Å². The van der Waals surface area contributed by atoms with Crippen molar-refractivity contribution in [1.29, 1.82) is 0 Å². The Labute approximate surface area is 128 Å². The number of thiophene rings is 1. The first-order chi connectivity index (χ1) is 10.2. The van der Waals surface area contributed by atoms with Crippen molar-refractivity contribution in [3.05, 3.63) is 46.2 Å². The molecule has 4 nitrogen and oxygen atoms in total. The van der Waals surface area contributed by atoms with Crippen LogP contribution in [0.2, 0.25) is 0 Å². The molecule has 2 aromatic rings. The molecule has 0 saturated carbocycles. The van der Waals surface area contributed by atoms with Crippen LogP contribution in [0.15, 0.2) is 35.0 Å². The Bertz CT molecular complexity index is 640. The van der Waals surface area contributed by atoms with Gasteiger partial charge < -0.3 is 15.4 Å². The van der Waals surface area contributed by atoms with Gasteiger partial charge in [-0.3, -0.25) is 4.79 Å². The van der Waals surface area contributed by atoms with E-state index < -0.39 is 0 Å². The molecular formula is C16H18N2O2S. The van der Waals surface area contributed by atoms with Crippen molar-refractivity contribution in [3.63, 3.8) is 0 Å². The number of nitrogens with zero attached hydrogens (tertiary/aromatic N) is 1. The number of carbonyl (C=O) groups is 1. The number of likely N-dealkylation sites (tertiary alicyclic amines) is 1. The van der Waals surface area contributed by atoms with Crippen LogP contribution in [0, 0.1) is 0 Å². The highest BCUT2D eigenvalue weighted by molar-refractivity contribution is 7.08. The smallest absolute Gasteiger partial charge is 0.260 e. The van der Waals surface area contributed by atoms with Crippen LogP contribution in [0.5, 0.6) is 5.75 Å². The zero-order valence-electron chi connectivity index (χ0n) is 11.9. The van der Waals surface area contributed by atoms with E-state index in [2.05, 4.69) is 11.4 Å². The maximum absolute atomic E-state index is 12.9. The molecule has 1 atom stereocenters. The average molecular weight is 302 g/mol. The number of nitrogens with two attached hydrogens (primary N) is 1. The summed E-state index contributed by atoms with van der Waals surface area (Å²) < 4.78 is 5.31. The van der Waals surface area contributed by atoms with Crippen LogP contribution < -0.4 is 10.5 Å². The minimum Gasteiger partial charge on any atom is -0.496 e. The molecule has 1 aromatic carbocycles. The van der Waals surface area contributed by atoms with E-state index in [4.69, 9.17) is 10.5 Å². The highest BCUT2D eigenvalue weighted by Gasteiger charge is 2.32. The van der Waals surface area contributed by atoms with Gasteiger partial charge in [0, 0.05) is 12.2 Å². The molecule has 2 heterocycles. The Balaban J connectivity index is 1.95. The predicted octanol–water partition coefficient (Wildman–Crippen LogP) is 3.32. The number of hydrogen-bond acceptors (Lipinski definition) is 4. The Morgan fingerprint density at radius 2 is 2.29 bits per heavy atom. The van der Waals surface area contributed by atoms with Gasteiger partial charge in [-0.15, -0.1) is 0 Å². The number of methoxy groups -OCH3 is 1. The van der Waals surface area contributed by atoms with Crippen LogP contribution in [0.1, 0.15) is 34.8 Å². The average Bonchev–Trinajstić information content (AvgIpc) is 3.16. The minimum atomic E-state index is -0.0429. The summed E-state index contributed by atoms with van der Waals surface area (Å²) in [4.78, 5) is 14.8. The monoisotopic (exact) mass is 302 g/mol. The molecule has 2 N–H and O–H groups in total. The summed E-state index contributed by atoms with van der Waals surface area (Å²) in [6, 6.07) is 7.55. The highest BCUT2D eigenvalue weighted by atomic mass is 32.1. The third-order valence-corrected chi connectivity index (χ3v) is 4.64. The van der Waals surface area contributed by atoms with E-state index in [0.717, 1.165) is 19.4 Å². The van der Waals surface area contributed by atoms with Crippen LogP contribution in [-0.4, -0.2) is 24.5 Å². The fourth-order valence-corrected chi connectivity index (χ4v) is 3.62. The lowest BCUT2D eigenvalue weighted by atomic mass is 10.1. The van der Waals surface area contributed by atoms with E-state index in [-0.39, 0.29) is 11.9 Å². The van der Waals surface area contributed by atoms with Gasteiger partial charge in [0.05, 0.1) is 13.2 Å². The molecule has 1 unspecified atom stereocenters. The fourth-order valence-electron chi connectivity index (χ4n) is 2.91. The van der Waals surface area contributed by atoms with Crippen LogP contribution in [0.3, 0.4) is 0 Å². The highest BCUT2D eigenvalue weighted by Crippen LogP contribution is 2.36. The lowest BCUT2D eigenvalue weighted by Gasteiger charge is -2.25. The van der Waals surface area contributed by atoms with E-state index in [1.165, 1.54) is 5.56 Å². The lowest BCUT2D eigenvalue weighted by molar-refractivity contribution is 0.0733. The van der Waals surface area contributed by atoms with E-state index in [9.17, 15) is 4.79 Å². The van der Waals surface area contributed by atoms with Crippen LogP contribution in [0.25, 0.3) is 0 Å². The van der Waals surface area contributed by atoms with Crippen molar-refractivity contribution in [1.82, 2.24) is 4.90 Å². The van der Waals surface area contributed by atoms with E-state index in [1.807, 2.05) is 10.3 Å². The molecule has 1 amide bonds. The number of amides is 1. The van der Waals surface area contributed by atoms with E-state index >= 15 is 0 Å². The first-order valence-corrected chi connectivity index (χ1v) is 7.92. The number of hydrogen-bond donors (Lipinski definition) is 1. The molecule has 3 rings (SSSR count). The molecule has 21 heavy (non-hydrogen) atoms. The standard InChI is InChI=1S/C16H18N2O2S/c1-20-14-6-2-4-12(17)15(14)16(19)18-8-3-5-13(18)11-7-9-21-10-11/h2,4,6-7,9-10,13H,3,5,8,17H2,1H3. The van der Waals surface area contributed by atoms with Crippen molar-refractivity contribution in [3.8, 4) is 5.75 Å². The topological polar surface area (TPSA) is 55.6 Å². The van der Waals surface area contributed by atoms with Gasteiger partial charge >= 0.3 is 0 Å². The Morgan fingerprint density at radius 3 is 3.00 bits per heavy atom. The molecule has 0 bridgehead atoms. The summed E-state index contributed by atoms with van der Waals surface area (Å²) in [5, 5.41) is 4.16. The number of anilines is 1. The third kappa shape index (κ3) is 2.49. The molecule has 5 heteroatoms. The molecule has 1 aliphatic rings. The first kappa shape index (κ1) is 13.9. The van der Waals surface area contributed by atoms with Crippen LogP contribution in [0.4, 0.5) is 5.69 Å². The van der Waals surface area contributed by atoms with Gasteiger partial charge in [0.25, 0.3) is 5.91 Å². The molecular weight excluding hydrogens is 284 g/mol. The van der Waals surface area contributed by atoms with Gasteiger partial charge in [-0.25, -0.2) is 0 Å². The number of carbonyl (C=O) groups excluding carboxylic acids is 1. The summed E-state index contributed by atoms with van der Waals surface area (Å²) in [5.74, 6) is 0.495. The lowest BCUT2D eigenvalue weighted by Crippen LogP contribution is -2.31. The van der Waals surface area contributed by atoms with E-state index in [0.29, 0.717) is 17.0 Å². The second-order valence-electron chi connectivity index (χ2n) is 5.14. The third-order valence-electron chi connectivity index (χ3n) is 3.93. The molecule has 0 aliphatic carbocycles. The number of ether oxygens (including phenoxy) is 1. The van der Waals surface area contributed by atoms with Crippen LogP contribution >= 0.6 is 11.3 Å². The maximum atomic E-state index is 12.9. The van der Waals surface area contributed by atoms with Crippen molar-refractivity contribution in [2.24, 2.45) is 0 Å². The van der Waals surface area contributed by atoms with E-state index in [1.54, 1.807) is 36.6 Å². The molecule has 0 radical (unpaired) electrons. The molecule has 1 aliphatic heterocycles. The molecule has 1 aromatic heterocycles. The number of nitrogen functional groups attached to an aromatic ring is 1. The number of benzene rings is 1. The maximum Gasteiger partial charge on any atom is 0.260 e. The normalized spacial score (nSPS) is 18.0. The largest absolute Gasteiger partial charge is 0.496 e. The number of rotatable bonds is 3. The van der Waals surface area contributed by atoms with Gasteiger partial charge in [0.2, 0.25) is 0 Å². The zero-order chi connectivity index (χ0) is 14.8. The van der Waals surface area contributed by atoms with Gasteiger partial charge in [-0.05, 0) is 47.4 Å². The first-order valence-electron chi connectivity index (χ1n) is 6.98. The van der Waals surface area contributed by atoms with Crippen molar-refractivity contribution in [2.75, 3.05) is 19.4 Å². The molecule has 110 valence electrons. The van der Waals surface area contributed by atoms with Crippen molar-refractivity contribution < 1.29 is 9.53 Å². The summed E-state index contributed by atoms with van der Waals surface area (Å²) in [6.07, 6.45) is 2.01. The quantitative estimate of drug-likeness (QED) is 0.885. The minimum absolute atomic E-state index is 0.0429. The Morgan fingerprint density at radius 1 is 1.43 bits per heavy atom. The predicted molar refractivity (Wildman–Crippen MR) is 84.7 cm³/mol. The second kappa shape index (κ2) is 5.77. The summed E-state index contributed by atoms with van der Waals surface area (Å²) in [5.41, 5.74) is 8.15.